The summed E-state index contributed by atoms with van der Waals surface area (Å²) in [7, 11) is 0. The van der Waals surface area contributed by atoms with Gasteiger partial charge in [0.2, 0.25) is 0 Å². The molecule has 0 heterocycles. The predicted octanol–water partition coefficient (Wildman–Crippen LogP) is -4.14. The summed E-state index contributed by atoms with van der Waals surface area (Å²) in [6.45, 7) is 0. The number of nitro benzene ring substituents is 1. The van der Waals surface area contributed by atoms with Crippen LogP contribution in [0, 0.1) is 10.1 Å². The maximum Gasteiger partial charge on any atom is 1.00 e. The van der Waals surface area contributed by atoms with E-state index >= 15 is 0 Å². The minimum absolute atomic E-state index is 0. The Morgan fingerprint density at radius 2 is 1.88 bits per heavy atom. The molecule has 86 valence electrons. The molecule has 0 saturated heterocycles. The zero-order valence-electron chi connectivity index (χ0n) is 8.60. The molecule has 0 atom stereocenters. The molecule has 0 aromatic heterocycles. The fourth-order valence-corrected chi connectivity index (χ4v) is 2.21. The second-order valence-electron chi connectivity index (χ2n) is 2.81. The standard InChI is InChI=1S/C7H6AsNO7.K/c10-7(11)5-2-1-4(8(12,13)14)3-6(5)9(15)16;/h1-3H,(H,10,11)(H2,12,13,14);/q;+1. The number of nitro groups is 1. The number of benzene rings is 1. The zero-order valence-corrected chi connectivity index (χ0v) is 13.6. The van der Waals surface area contributed by atoms with E-state index in [-0.39, 0.29) is 51.4 Å². The molecule has 0 saturated carbocycles. The Hall–Kier alpha value is 0.00481. The average Bonchev–Trinajstić information content (AvgIpc) is 2.15. The molecule has 0 unspecified atom stereocenters. The van der Waals surface area contributed by atoms with Crippen LogP contribution in [0.2, 0.25) is 0 Å². The zero-order chi connectivity index (χ0) is 12.5. The van der Waals surface area contributed by atoms with Gasteiger partial charge < -0.3 is 0 Å². The Morgan fingerprint density at radius 1 is 1.35 bits per heavy atom. The van der Waals surface area contributed by atoms with Crippen LogP contribution >= 0.6 is 0 Å². The van der Waals surface area contributed by atoms with Crippen LogP contribution in [-0.4, -0.2) is 38.4 Å². The molecular weight excluding hydrogens is 324 g/mol. The molecule has 10 heteroatoms. The molecule has 0 spiro atoms. The first-order chi connectivity index (χ1) is 7.23. The van der Waals surface area contributed by atoms with Crippen molar-refractivity contribution in [2.45, 2.75) is 0 Å². The van der Waals surface area contributed by atoms with Gasteiger partial charge in [-0.2, -0.15) is 0 Å². The van der Waals surface area contributed by atoms with Gasteiger partial charge in [-0.3, -0.25) is 0 Å². The maximum absolute atomic E-state index is 10.9. The van der Waals surface area contributed by atoms with Gasteiger partial charge in [0.25, 0.3) is 0 Å². The van der Waals surface area contributed by atoms with E-state index < -0.39 is 40.7 Å². The van der Waals surface area contributed by atoms with Crippen molar-refractivity contribution in [1.82, 2.24) is 0 Å². The summed E-state index contributed by atoms with van der Waals surface area (Å²) in [5.74, 6) is -1.53. The van der Waals surface area contributed by atoms with Crippen molar-refractivity contribution in [3.63, 3.8) is 0 Å². The Morgan fingerprint density at radius 3 is 2.24 bits per heavy atom. The van der Waals surface area contributed by atoms with Crippen LogP contribution in [0.15, 0.2) is 18.2 Å². The van der Waals surface area contributed by atoms with Crippen LogP contribution < -0.4 is 55.7 Å². The van der Waals surface area contributed by atoms with Crippen molar-refractivity contribution in [1.29, 1.82) is 0 Å². The van der Waals surface area contributed by atoms with Crippen LogP contribution in [0.4, 0.5) is 5.69 Å². The molecule has 0 bridgehead atoms. The first-order valence-corrected chi connectivity index (χ1v) is 7.19. The van der Waals surface area contributed by atoms with Crippen LogP contribution in [-0.2, 0) is 3.74 Å². The van der Waals surface area contributed by atoms with Gasteiger partial charge in [0.1, 0.15) is 0 Å². The molecule has 8 nitrogen and oxygen atoms in total. The number of carboxylic acids is 1. The topological polar surface area (TPSA) is 138 Å². The summed E-state index contributed by atoms with van der Waals surface area (Å²) >= 11 is -5.25. The first kappa shape index (κ1) is 17.0. The van der Waals surface area contributed by atoms with Crippen LogP contribution in [0.5, 0.6) is 0 Å². The first-order valence-electron chi connectivity index (χ1n) is 3.81. The number of aromatic carboxylic acids is 1. The summed E-state index contributed by atoms with van der Waals surface area (Å²) in [6, 6.07) is 2.26. The number of hydrogen-bond acceptors (Lipinski definition) is 4. The monoisotopic (exact) mass is 330 g/mol. The van der Waals surface area contributed by atoms with E-state index in [1.165, 1.54) is 0 Å². The van der Waals surface area contributed by atoms with E-state index in [2.05, 4.69) is 0 Å². The number of nitrogens with zero attached hydrogens (tertiary/aromatic N) is 1. The molecule has 1 aromatic rings. The van der Waals surface area contributed by atoms with E-state index in [9.17, 15) is 18.6 Å². The van der Waals surface area contributed by atoms with Gasteiger partial charge in [-0.15, -0.1) is 0 Å². The summed E-state index contributed by atoms with van der Waals surface area (Å²) in [6.07, 6.45) is 0. The molecule has 0 aliphatic heterocycles. The van der Waals surface area contributed by atoms with Crippen LogP contribution in [0.3, 0.4) is 0 Å². The van der Waals surface area contributed by atoms with E-state index in [0.717, 1.165) is 12.1 Å². The summed E-state index contributed by atoms with van der Waals surface area (Å²) in [4.78, 5) is 20.1. The Kier molecular flexibility index (Phi) is 6.26. The van der Waals surface area contributed by atoms with Gasteiger partial charge in [0, 0.05) is 0 Å². The molecule has 17 heavy (non-hydrogen) atoms. The van der Waals surface area contributed by atoms with Gasteiger partial charge in [-0.25, -0.2) is 0 Å². The third-order valence-electron chi connectivity index (χ3n) is 1.74. The SMILES string of the molecule is O=C(O)c1ccc([As](=O)(O)O)cc1[N+](=O)[O-].[K+]. The van der Waals surface area contributed by atoms with E-state index in [4.69, 9.17) is 13.3 Å². The third-order valence-corrected chi connectivity index (χ3v) is 3.74. The van der Waals surface area contributed by atoms with Crippen LogP contribution in [0.25, 0.3) is 0 Å². The second kappa shape index (κ2) is 6.25. The van der Waals surface area contributed by atoms with Gasteiger partial charge in [0.05, 0.1) is 0 Å². The molecule has 3 N–H and O–H groups in total. The molecular formula is C7H6AsKNO7+. The minimum atomic E-state index is -5.25. The fourth-order valence-electron chi connectivity index (χ4n) is 1.03. The van der Waals surface area contributed by atoms with Crippen molar-refractivity contribution in [2.24, 2.45) is 0 Å². The van der Waals surface area contributed by atoms with Crippen molar-refractivity contribution >= 4 is 30.2 Å². The largest absolute Gasteiger partial charge is 1.00 e. The maximum atomic E-state index is 10.9. The molecule has 0 radical (unpaired) electrons. The van der Waals surface area contributed by atoms with E-state index in [0.29, 0.717) is 6.07 Å². The van der Waals surface area contributed by atoms with Gasteiger partial charge in [0.15, 0.2) is 0 Å². The quantitative estimate of drug-likeness (QED) is 0.291. The Bertz CT molecular complexity index is 511. The summed E-state index contributed by atoms with van der Waals surface area (Å²) < 4.78 is 28.0. The Balaban J connectivity index is 0.00000256. The van der Waals surface area contributed by atoms with Crippen molar-refractivity contribution in [3.8, 4) is 0 Å². The second-order valence-corrected chi connectivity index (χ2v) is 6.17. The molecule has 0 aliphatic carbocycles. The molecule has 0 aliphatic rings. The normalized spacial score (nSPS) is 10.5. The summed E-state index contributed by atoms with van der Waals surface area (Å²) in [5, 5.41) is 19.1. The third kappa shape index (κ3) is 4.30. The van der Waals surface area contributed by atoms with Crippen molar-refractivity contribution in [3.05, 3.63) is 33.9 Å². The predicted molar refractivity (Wildman–Crippen MR) is 50.6 cm³/mol. The average molecular weight is 330 g/mol. The van der Waals surface area contributed by atoms with E-state index in [1.807, 2.05) is 0 Å². The number of rotatable bonds is 3. The van der Waals surface area contributed by atoms with Gasteiger partial charge in [-0.1, -0.05) is 0 Å². The van der Waals surface area contributed by atoms with Gasteiger partial charge >= 0.3 is 142 Å². The van der Waals surface area contributed by atoms with E-state index in [1.54, 1.807) is 0 Å². The molecule has 1 aromatic carbocycles. The minimum Gasteiger partial charge on any atom is 1.00 e. The van der Waals surface area contributed by atoms with Crippen LogP contribution in [0.1, 0.15) is 10.4 Å². The van der Waals surface area contributed by atoms with Crippen molar-refractivity contribution < 1.29 is 78.1 Å². The molecule has 1 rings (SSSR count). The van der Waals surface area contributed by atoms with Gasteiger partial charge in [-0.05, 0) is 0 Å². The molecule has 0 amide bonds. The van der Waals surface area contributed by atoms with Crippen molar-refractivity contribution in [2.75, 3.05) is 0 Å². The molecule has 0 fully saturated rings. The number of carboxylic acid groups (broad SMARTS) is 1. The smallest absolute Gasteiger partial charge is 1.00 e. The number of carbonyl (C=O) groups is 1. The Labute approximate surface area is 140 Å². The fraction of sp³-hybridized carbons (Fsp3) is 0. The summed E-state index contributed by atoms with van der Waals surface area (Å²) in [5.41, 5.74) is -1.45. The number of hydrogen-bond donors (Lipinski definition) is 3.